The van der Waals surface area contributed by atoms with Crippen LogP contribution in [0.1, 0.15) is 124 Å². The molecule has 0 heterocycles. The van der Waals surface area contributed by atoms with Crippen LogP contribution in [0.5, 0.6) is 0 Å². The molecule has 1 N–H and O–H groups in total. The number of Topliss-reactive ketones (excluding diaryl/α,β-unsaturated/α-hetero) is 1. The van der Waals surface area contributed by atoms with Crippen LogP contribution in [0, 0.1) is 0 Å². The zero-order chi connectivity index (χ0) is 20.4. The standard InChI is InChI=1S/C23H45NO3/c1-5-7-9-11-12-13-14-16-17-19-21(25)23(3,24-4)27-22(26)20-18-15-10-8-6-2/h24H,5-20H2,1-4H3. The first-order valence-corrected chi connectivity index (χ1v) is 11.4. The Labute approximate surface area is 168 Å². The van der Waals surface area contributed by atoms with E-state index in [1.807, 2.05) is 0 Å². The van der Waals surface area contributed by atoms with Crippen molar-refractivity contribution in [2.24, 2.45) is 0 Å². The number of ketones is 1. The average molecular weight is 384 g/mol. The third-order valence-electron chi connectivity index (χ3n) is 5.32. The molecule has 27 heavy (non-hydrogen) atoms. The fourth-order valence-electron chi connectivity index (χ4n) is 3.23. The molecule has 0 aliphatic heterocycles. The van der Waals surface area contributed by atoms with Gasteiger partial charge in [-0.2, -0.15) is 0 Å². The number of likely N-dealkylation sites (N-methyl/N-ethyl adjacent to an activating group) is 1. The lowest BCUT2D eigenvalue weighted by Crippen LogP contribution is -2.51. The Morgan fingerprint density at radius 1 is 0.704 bits per heavy atom. The number of ether oxygens (including phenoxy) is 1. The second-order valence-corrected chi connectivity index (χ2v) is 7.92. The van der Waals surface area contributed by atoms with Crippen LogP contribution in [-0.4, -0.2) is 24.5 Å². The van der Waals surface area contributed by atoms with Crippen molar-refractivity contribution in [1.82, 2.24) is 5.32 Å². The van der Waals surface area contributed by atoms with E-state index in [1.54, 1.807) is 14.0 Å². The quantitative estimate of drug-likeness (QED) is 0.161. The van der Waals surface area contributed by atoms with Crippen LogP contribution < -0.4 is 5.32 Å². The molecule has 0 rings (SSSR count). The first-order chi connectivity index (χ1) is 13.0. The summed E-state index contributed by atoms with van der Waals surface area (Å²) in [5.41, 5.74) is -1.18. The maximum atomic E-state index is 12.5. The number of hydrogen-bond donors (Lipinski definition) is 1. The van der Waals surface area contributed by atoms with Crippen LogP contribution in [0.2, 0.25) is 0 Å². The van der Waals surface area contributed by atoms with Gasteiger partial charge in [-0.05, 0) is 26.8 Å². The fraction of sp³-hybridized carbons (Fsp3) is 0.913. The van der Waals surface area contributed by atoms with Gasteiger partial charge in [0.2, 0.25) is 5.72 Å². The highest BCUT2D eigenvalue weighted by Crippen LogP contribution is 2.17. The molecule has 0 aliphatic rings. The van der Waals surface area contributed by atoms with E-state index in [-0.39, 0.29) is 11.8 Å². The van der Waals surface area contributed by atoms with Gasteiger partial charge in [-0.15, -0.1) is 0 Å². The van der Waals surface area contributed by atoms with E-state index in [0.29, 0.717) is 12.8 Å². The summed E-state index contributed by atoms with van der Waals surface area (Å²) in [5, 5.41) is 2.91. The molecule has 0 aromatic rings. The molecular weight excluding hydrogens is 338 g/mol. The number of esters is 1. The highest BCUT2D eigenvalue weighted by molar-refractivity contribution is 5.88. The Bertz CT molecular complexity index is 384. The first-order valence-electron chi connectivity index (χ1n) is 11.4. The van der Waals surface area contributed by atoms with Crippen molar-refractivity contribution in [3.05, 3.63) is 0 Å². The van der Waals surface area contributed by atoms with E-state index in [4.69, 9.17) is 4.74 Å². The summed E-state index contributed by atoms with van der Waals surface area (Å²) in [5.74, 6) is -0.295. The number of hydrogen-bond acceptors (Lipinski definition) is 4. The molecule has 0 aromatic heterocycles. The molecule has 0 bridgehead atoms. The third-order valence-corrected chi connectivity index (χ3v) is 5.32. The van der Waals surface area contributed by atoms with E-state index >= 15 is 0 Å². The topological polar surface area (TPSA) is 55.4 Å². The molecule has 0 saturated heterocycles. The van der Waals surface area contributed by atoms with Gasteiger partial charge in [0, 0.05) is 12.8 Å². The van der Waals surface area contributed by atoms with Crippen LogP contribution in [0.15, 0.2) is 0 Å². The van der Waals surface area contributed by atoms with Crippen molar-refractivity contribution in [1.29, 1.82) is 0 Å². The van der Waals surface area contributed by atoms with Crippen LogP contribution in [0.25, 0.3) is 0 Å². The van der Waals surface area contributed by atoms with E-state index in [2.05, 4.69) is 19.2 Å². The van der Waals surface area contributed by atoms with Gasteiger partial charge in [0.25, 0.3) is 0 Å². The predicted octanol–water partition coefficient (Wildman–Crippen LogP) is 6.32. The zero-order valence-corrected chi connectivity index (χ0v) is 18.5. The van der Waals surface area contributed by atoms with Crippen LogP contribution in [-0.2, 0) is 14.3 Å². The SMILES string of the molecule is CCCCCCCCCCCC(=O)C(C)(NC)OC(=O)CCCCCCC. The lowest BCUT2D eigenvalue weighted by molar-refractivity contribution is -0.169. The molecule has 160 valence electrons. The summed E-state index contributed by atoms with van der Waals surface area (Å²) < 4.78 is 5.49. The highest BCUT2D eigenvalue weighted by Gasteiger charge is 2.34. The Hall–Kier alpha value is -0.900. The summed E-state index contributed by atoms with van der Waals surface area (Å²) in [6.07, 6.45) is 17.3. The highest BCUT2D eigenvalue weighted by atomic mass is 16.6. The average Bonchev–Trinajstić information content (AvgIpc) is 2.66. The largest absolute Gasteiger partial charge is 0.437 e. The molecule has 1 atom stereocenters. The maximum absolute atomic E-state index is 12.5. The van der Waals surface area contributed by atoms with Gasteiger partial charge in [-0.25, -0.2) is 0 Å². The van der Waals surface area contributed by atoms with Crippen molar-refractivity contribution < 1.29 is 14.3 Å². The molecule has 0 radical (unpaired) electrons. The van der Waals surface area contributed by atoms with Gasteiger partial charge in [0.15, 0.2) is 5.78 Å². The molecule has 0 amide bonds. The minimum atomic E-state index is -1.18. The molecule has 0 aliphatic carbocycles. The van der Waals surface area contributed by atoms with Crippen molar-refractivity contribution in [3.63, 3.8) is 0 Å². The molecule has 0 fully saturated rings. The molecular formula is C23H45NO3. The van der Waals surface area contributed by atoms with Gasteiger partial charge < -0.3 is 4.74 Å². The Kier molecular flexibility index (Phi) is 16.6. The lowest BCUT2D eigenvalue weighted by atomic mass is 10.0. The summed E-state index contributed by atoms with van der Waals surface area (Å²) in [6, 6.07) is 0. The summed E-state index contributed by atoms with van der Waals surface area (Å²) in [6.45, 7) is 6.09. The van der Waals surface area contributed by atoms with Crippen molar-refractivity contribution in [2.45, 2.75) is 129 Å². The third kappa shape index (κ3) is 13.8. The number of rotatable bonds is 19. The molecule has 0 spiro atoms. The van der Waals surface area contributed by atoms with Gasteiger partial charge in [0.1, 0.15) is 0 Å². The van der Waals surface area contributed by atoms with Crippen LogP contribution >= 0.6 is 0 Å². The van der Waals surface area contributed by atoms with Gasteiger partial charge in [0.05, 0.1) is 0 Å². The maximum Gasteiger partial charge on any atom is 0.307 e. The van der Waals surface area contributed by atoms with Crippen molar-refractivity contribution >= 4 is 11.8 Å². The smallest absolute Gasteiger partial charge is 0.307 e. The Balaban J connectivity index is 3.93. The number of carbonyl (C=O) groups excluding carboxylic acids is 2. The predicted molar refractivity (Wildman–Crippen MR) is 114 cm³/mol. The summed E-state index contributed by atoms with van der Waals surface area (Å²) in [4.78, 5) is 24.6. The zero-order valence-electron chi connectivity index (χ0n) is 18.5. The molecule has 4 nitrogen and oxygen atoms in total. The van der Waals surface area contributed by atoms with E-state index < -0.39 is 5.72 Å². The Morgan fingerprint density at radius 2 is 1.11 bits per heavy atom. The molecule has 1 unspecified atom stereocenters. The van der Waals surface area contributed by atoms with E-state index in [9.17, 15) is 9.59 Å². The van der Waals surface area contributed by atoms with Crippen LogP contribution in [0.3, 0.4) is 0 Å². The molecule has 0 aromatic carbocycles. The van der Waals surface area contributed by atoms with Crippen molar-refractivity contribution in [2.75, 3.05) is 7.05 Å². The number of carbonyl (C=O) groups is 2. The summed E-state index contributed by atoms with van der Waals surface area (Å²) in [7, 11) is 1.68. The summed E-state index contributed by atoms with van der Waals surface area (Å²) >= 11 is 0. The first kappa shape index (κ1) is 26.1. The second-order valence-electron chi connectivity index (χ2n) is 7.92. The van der Waals surface area contributed by atoms with Gasteiger partial charge in [-0.1, -0.05) is 90.9 Å². The number of unbranched alkanes of at least 4 members (excludes halogenated alkanes) is 12. The molecule has 4 heteroatoms. The minimum Gasteiger partial charge on any atom is -0.437 e. The second kappa shape index (κ2) is 17.2. The number of nitrogens with one attached hydrogen (secondary N) is 1. The van der Waals surface area contributed by atoms with E-state index in [0.717, 1.165) is 32.1 Å². The molecule has 0 saturated carbocycles. The normalized spacial score (nSPS) is 13.3. The van der Waals surface area contributed by atoms with Gasteiger partial charge >= 0.3 is 5.97 Å². The Morgan fingerprint density at radius 3 is 1.56 bits per heavy atom. The van der Waals surface area contributed by atoms with Crippen LogP contribution in [0.4, 0.5) is 0 Å². The minimum absolute atomic E-state index is 0.0210. The van der Waals surface area contributed by atoms with Crippen molar-refractivity contribution in [3.8, 4) is 0 Å². The monoisotopic (exact) mass is 383 g/mol. The van der Waals surface area contributed by atoms with E-state index in [1.165, 1.54) is 57.8 Å². The lowest BCUT2D eigenvalue weighted by Gasteiger charge is -2.27. The van der Waals surface area contributed by atoms with Gasteiger partial charge in [-0.3, -0.25) is 14.9 Å². The fourth-order valence-corrected chi connectivity index (χ4v) is 3.23.